The van der Waals surface area contributed by atoms with Crippen molar-refractivity contribution in [3.63, 3.8) is 0 Å². The standard InChI is InChI=1S/C16H17N3O3/c1-4-18-12-10-8-6-7-9-11(10)14(20)17(3)13(12)15(21)19(5-2)16(18)22/h6-9H,4-5H2,1-3H3. The van der Waals surface area contributed by atoms with Crippen molar-refractivity contribution in [2.24, 2.45) is 7.05 Å². The van der Waals surface area contributed by atoms with E-state index in [0.717, 1.165) is 0 Å². The van der Waals surface area contributed by atoms with E-state index in [2.05, 4.69) is 0 Å². The van der Waals surface area contributed by atoms with Gasteiger partial charge >= 0.3 is 5.69 Å². The highest BCUT2D eigenvalue weighted by molar-refractivity contribution is 6.03. The predicted octanol–water partition coefficient (Wildman–Crippen LogP) is 1.05. The zero-order valence-electron chi connectivity index (χ0n) is 12.8. The van der Waals surface area contributed by atoms with Crippen molar-refractivity contribution < 1.29 is 0 Å². The zero-order valence-corrected chi connectivity index (χ0v) is 12.8. The summed E-state index contributed by atoms with van der Waals surface area (Å²) in [7, 11) is 1.57. The van der Waals surface area contributed by atoms with Gasteiger partial charge in [0.25, 0.3) is 11.1 Å². The maximum absolute atomic E-state index is 12.7. The second-order valence-corrected chi connectivity index (χ2v) is 5.18. The summed E-state index contributed by atoms with van der Waals surface area (Å²) in [6.45, 7) is 4.30. The number of rotatable bonds is 2. The normalized spacial score (nSPS) is 11.4. The van der Waals surface area contributed by atoms with Crippen molar-refractivity contribution in [2.45, 2.75) is 26.9 Å². The second-order valence-electron chi connectivity index (χ2n) is 5.18. The molecule has 3 aromatic rings. The highest BCUT2D eigenvalue weighted by Gasteiger charge is 2.18. The summed E-state index contributed by atoms with van der Waals surface area (Å²) in [5.41, 5.74) is -0.195. The van der Waals surface area contributed by atoms with Gasteiger partial charge in [-0.05, 0) is 19.9 Å². The van der Waals surface area contributed by atoms with Crippen LogP contribution in [0, 0.1) is 0 Å². The lowest BCUT2D eigenvalue weighted by molar-refractivity contribution is 0.605. The summed E-state index contributed by atoms with van der Waals surface area (Å²) in [5.74, 6) is 0. The van der Waals surface area contributed by atoms with E-state index >= 15 is 0 Å². The fraction of sp³-hybridized carbons (Fsp3) is 0.312. The molecule has 22 heavy (non-hydrogen) atoms. The van der Waals surface area contributed by atoms with Crippen LogP contribution in [0.15, 0.2) is 38.6 Å². The fourth-order valence-electron chi connectivity index (χ4n) is 2.99. The molecule has 1 aromatic carbocycles. The molecule has 0 N–H and O–H groups in total. The average Bonchev–Trinajstić information content (AvgIpc) is 2.52. The van der Waals surface area contributed by atoms with E-state index in [1.807, 2.05) is 6.92 Å². The first-order valence-electron chi connectivity index (χ1n) is 7.28. The number of nitrogens with zero attached hydrogens (tertiary/aromatic N) is 3. The molecule has 2 aromatic heterocycles. The van der Waals surface area contributed by atoms with Crippen LogP contribution in [0.3, 0.4) is 0 Å². The Bertz CT molecular complexity index is 1070. The lowest BCUT2D eigenvalue weighted by Crippen LogP contribution is -2.41. The molecule has 0 bridgehead atoms. The molecule has 0 unspecified atom stereocenters. The molecule has 6 heteroatoms. The van der Waals surface area contributed by atoms with Crippen LogP contribution in [0.2, 0.25) is 0 Å². The van der Waals surface area contributed by atoms with Gasteiger partial charge in [0.2, 0.25) is 0 Å². The first-order chi connectivity index (χ1) is 10.5. The topological polar surface area (TPSA) is 66.0 Å². The largest absolute Gasteiger partial charge is 0.331 e. The van der Waals surface area contributed by atoms with Gasteiger partial charge in [-0.2, -0.15) is 0 Å². The molecule has 0 aliphatic carbocycles. The molecule has 2 heterocycles. The van der Waals surface area contributed by atoms with Crippen molar-refractivity contribution in [3.05, 3.63) is 55.5 Å². The van der Waals surface area contributed by atoms with Crippen LogP contribution in [0.25, 0.3) is 21.8 Å². The minimum atomic E-state index is -0.419. The number of hydrogen-bond acceptors (Lipinski definition) is 3. The molecule has 0 radical (unpaired) electrons. The predicted molar refractivity (Wildman–Crippen MR) is 86.6 cm³/mol. The Hall–Kier alpha value is -2.63. The van der Waals surface area contributed by atoms with E-state index in [4.69, 9.17) is 0 Å². The van der Waals surface area contributed by atoms with E-state index in [1.165, 1.54) is 9.13 Å². The minimum absolute atomic E-state index is 0.232. The summed E-state index contributed by atoms with van der Waals surface area (Å²) >= 11 is 0. The maximum Gasteiger partial charge on any atom is 0.331 e. The molecule has 0 atom stereocenters. The van der Waals surface area contributed by atoms with E-state index in [1.54, 1.807) is 42.8 Å². The Kier molecular flexibility index (Phi) is 3.24. The second kappa shape index (κ2) is 4.98. The zero-order chi connectivity index (χ0) is 16.0. The molecule has 114 valence electrons. The van der Waals surface area contributed by atoms with Gasteiger partial charge in [0.05, 0.1) is 5.52 Å². The Morgan fingerprint density at radius 2 is 1.41 bits per heavy atom. The Balaban J connectivity index is 2.83. The quantitative estimate of drug-likeness (QED) is 0.664. The maximum atomic E-state index is 12.7. The van der Waals surface area contributed by atoms with Crippen LogP contribution in [0.1, 0.15) is 13.8 Å². The Morgan fingerprint density at radius 1 is 0.818 bits per heavy atom. The fourth-order valence-corrected chi connectivity index (χ4v) is 2.99. The molecule has 0 spiro atoms. The molecule has 0 saturated carbocycles. The summed E-state index contributed by atoms with van der Waals surface area (Å²) < 4.78 is 4.07. The van der Waals surface area contributed by atoms with Crippen molar-refractivity contribution in [1.29, 1.82) is 0 Å². The Labute approximate surface area is 125 Å². The van der Waals surface area contributed by atoms with Crippen molar-refractivity contribution in [1.82, 2.24) is 13.7 Å². The summed E-state index contributed by atoms with van der Waals surface area (Å²) in [4.78, 5) is 37.7. The molecule has 0 saturated heterocycles. The molecule has 0 aliphatic rings. The minimum Gasteiger partial charge on any atom is -0.305 e. The average molecular weight is 299 g/mol. The third-order valence-electron chi connectivity index (χ3n) is 4.09. The molecule has 6 nitrogen and oxygen atoms in total. The highest BCUT2D eigenvalue weighted by atomic mass is 16.2. The van der Waals surface area contributed by atoms with Gasteiger partial charge in [-0.15, -0.1) is 0 Å². The summed E-state index contributed by atoms with van der Waals surface area (Å²) in [5, 5.41) is 1.15. The Morgan fingerprint density at radius 3 is 2.00 bits per heavy atom. The third-order valence-corrected chi connectivity index (χ3v) is 4.09. The van der Waals surface area contributed by atoms with Gasteiger partial charge in [0.1, 0.15) is 5.52 Å². The van der Waals surface area contributed by atoms with Crippen molar-refractivity contribution in [2.75, 3.05) is 0 Å². The van der Waals surface area contributed by atoms with Crippen LogP contribution >= 0.6 is 0 Å². The molecule has 3 rings (SSSR count). The van der Waals surface area contributed by atoms with Crippen LogP contribution in [0.4, 0.5) is 0 Å². The molecular weight excluding hydrogens is 282 g/mol. The van der Waals surface area contributed by atoms with Crippen molar-refractivity contribution in [3.8, 4) is 0 Å². The van der Waals surface area contributed by atoms with E-state index < -0.39 is 5.56 Å². The van der Waals surface area contributed by atoms with Gasteiger partial charge in [0, 0.05) is 30.9 Å². The molecular formula is C16H17N3O3. The third kappa shape index (κ3) is 1.70. The van der Waals surface area contributed by atoms with E-state index in [-0.39, 0.29) is 23.3 Å². The van der Waals surface area contributed by atoms with Crippen LogP contribution in [0.5, 0.6) is 0 Å². The molecule has 0 amide bonds. The lowest BCUT2D eigenvalue weighted by Gasteiger charge is -2.15. The smallest absolute Gasteiger partial charge is 0.305 e. The number of fused-ring (bicyclic) bond motifs is 3. The monoisotopic (exact) mass is 299 g/mol. The number of aromatic nitrogens is 3. The van der Waals surface area contributed by atoms with Crippen molar-refractivity contribution >= 4 is 21.8 Å². The van der Waals surface area contributed by atoms with E-state index in [9.17, 15) is 14.4 Å². The van der Waals surface area contributed by atoms with Gasteiger partial charge < -0.3 is 4.57 Å². The summed E-state index contributed by atoms with van der Waals surface area (Å²) in [6.07, 6.45) is 0. The molecule has 0 aliphatic heterocycles. The number of hydrogen-bond donors (Lipinski definition) is 0. The van der Waals surface area contributed by atoms with E-state index in [0.29, 0.717) is 22.8 Å². The van der Waals surface area contributed by atoms with Gasteiger partial charge in [-0.1, -0.05) is 18.2 Å². The number of pyridine rings is 1. The number of benzene rings is 1. The highest BCUT2D eigenvalue weighted by Crippen LogP contribution is 2.19. The summed E-state index contributed by atoms with van der Waals surface area (Å²) in [6, 6.07) is 7.07. The first-order valence-corrected chi connectivity index (χ1v) is 7.28. The van der Waals surface area contributed by atoms with Crippen LogP contribution in [-0.2, 0) is 20.1 Å². The molecule has 0 fully saturated rings. The SMILES string of the molecule is CCn1c(=O)c2c(c3ccccc3c(=O)n2C)n(CC)c1=O. The van der Waals surface area contributed by atoms with Gasteiger partial charge in [0.15, 0.2) is 0 Å². The van der Waals surface area contributed by atoms with Crippen LogP contribution < -0.4 is 16.8 Å². The van der Waals surface area contributed by atoms with Gasteiger partial charge in [-0.3, -0.25) is 18.7 Å². The first kappa shape index (κ1) is 14.3. The van der Waals surface area contributed by atoms with Gasteiger partial charge in [-0.25, -0.2) is 4.79 Å². The lowest BCUT2D eigenvalue weighted by atomic mass is 10.1. The number of aryl methyl sites for hydroxylation is 2. The van der Waals surface area contributed by atoms with Crippen LogP contribution in [-0.4, -0.2) is 13.7 Å².